The summed E-state index contributed by atoms with van der Waals surface area (Å²) in [5.41, 5.74) is 5.87. The monoisotopic (exact) mass is 412 g/mol. The van der Waals surface area contributed by atoms with Crippen LogP contribution in [0.15, 0.2) is 28.7 Å². The molecule has 0 aliphatic rings. The lowest BCUT2D eigenvalue weighted by Crippen LogP contribution is -2.21. The molecule has 0 saturated carbocycles. The van der Waals surface area contributed by atoms with Crippen LogP contribution in [0.3, 0.4) is 0 Å². The van der Waals surface area contributed by atoms with E-state index >= 15 is 0 Å². The molecular formula is C16H25BrN4O2Si. The van der Waals surface area contributed by atoms with Gasteiger partial charge in [0.25, 0.3) is 5.91 Å². The molecule has 2 rings (SSSR count). The van der Waals surface area contributed by atoms with Crippen LogP contribution < -0.4 is 5.73 Å². The quantitative estimate of drug-likeness (QED) is 0.558. The summed E-state index contributed by atoms with van der Waals surface area (Å²) in [6, 6.07) is 8.75. The van der Waals surface area contributed by atoms with Crippen molar-refractivity contribution in [2.75, 3.05) is 13.2 Å². The smallest absolute Gasteiger partial charge is 0.286 e. The number of H-pyrrole nitrogens is 1. The Morgan fingerprint density at radius 3 is 2.58 bits per heavy atom. The van der Waals surface area contributed by atoms with Crippen LogP contribution in [-0.4, -0.2) is 42.4 Å². The predicted octanol–water partition coefficient (Wildman–Crippen LogP) is 3.69. The molecule has 3 N–H and O–H groups in total. The molecule has 1 aromatic heterocycles. The zero-order valence-corrected chi connectivity index (χ0v) is 17.2. The molecule has 1 amide bonds. The number of hydrogen-bond donors (Lipinski definition) is 2. The maximum absolute atomic E-state index is 10.8. The van der Waals surface area contributed by atoms with Gasteiger partial charge in [0.05, 0.1) is 0 Å². The highest BCUT2D eigenvalue weighted by atomic mass is 79.9. The number of halogens is 1. The van der Waals surface area contributed by atoms with Crippen molar-refractivity contribution in [2.45, 2.75) is 32.6 Å². The molecular weight excluding hydrogens is 388 g/mol. The maximum atomic E-state index is 10.8. The summed E-state index contributed by atoms with van der Waals surface area (Å²) >= 11 is 3.34. The number of primary amides is 1. The number of rotatable bonds is 6. The zero-order valence-electron chi connectivity index (χ0n) is 14.6. The molecule has 0 aliphatic heterocycles. The number of nitrogens with one attached hydrogen (secondary N) is 1. The van der Waals surface area contributed by atoms with E-state index in [-0.39, 0.29) is 5.82 Å². The first-order chi connectivity index (χ1) is 11.2. The summed E-state index contributed by atoms with van der Waals surface area (Å²) < 4.78 is 6.17. The van der Waals surface area contributed by atoms with Crippen LogP contribution in [0.5, 0.6) is 0 Å². The van der Waals surface area contributed by atoms with Crippen molar-refractivity contribution in [1.29, 1.82) is 0 Å². The predicted molar refractivity (Wildman–Crippen MR) is 103 cm³/mol. The van der Waals surface area contributed by atoms with E-state index < -0.39 is 14.0 Å². The Kier molecular flexibility index (Phi) is 8.30. The SMILES string of the molecule is CCOCC[Si](C)(C)C.NC(=O)c1nc(-c2cccc(Br)c2)n[nH]1. The minimum atomic E-state index is -0.819. The number of carbonyl (C=O) groups excluding carboxylic acids is 1. The van der Waals surface area contributed by atoms with Crippen LogP contribution in [0, 0.1) is 0 Å². The third kappa shape index (κ3) is 7.85. The van der Waals surface area contributed by atoms with E-state index in [4.69, 9.17) is 10.5 Å². The molecule has 0 spiro atoms. The number of nitrogens with zero attached hydrogens (tertiary/aromatic N) is 2. The average Bonchev–Trinajstić information content (AvgIpc) is 2.97. The van der Waals surface area contributed by atoms with Gasteiger partial charge in [0, 0.05) is 31.3 Å². The van der Waals surface area contributed by atoms with Crippen molar-refractivity contribution in [1.82, 2.24) is 15.2 Å². The van der Waals surface area contributed by atoms with Gasteiger partial charge in [0.1, 0.15) is 0 Å². The van der Waals surface area contributed by atoms with E-state index in [0.717, 1.165) is 23.2 Å². The second-order valence-electron chi connectivity index (χ2n) is 6.39. The topological polar surface area (TPSA) is 93.9 Å². The summed E-state index contributed by atoms with van der Waals surface area (Å²) in [4.78, 5) is 14.8. The van der Waals surface area contributed by atoms with Crippen LogP contribution in [0.4, 0.5) is 0 Å². The highest BCUT2D eigenvalue weighted by molar-refractivity contribution is 9.10. The van der Waals surface area contributed by atoms with Gasteiger partial charge in [0.2, 0.25) is 5.82 Å². The van der Waals surface area contributed by atoms with E-state index in [1.54, 1.807) is 0 Å². The third-order valence-electron chi connectivity index (χ3n) is 3.00. The van der Waals surface area contributed by atoms with Crippen molar-refractivity contribution < 1.29 is 9.53 Å². The number of hydrogen-bond acceptors (Lipinski definition) is 4. The Morgan fingerprint density at radius 2 is 2.08 bits per heavy atom. The first kappa shape index (κ1) is 20.5. The first-order valence-corrected chi connectivity index (χ1v) is 12.3. The van der Waals surface area contributed by atoms with Gasteiger partial charge in [0.15, 0.2) is 5.82 Å². The van der Waals surface area contributed by atoms with Gasteiger partial charge in [-0.05, 0) is 25.1 Å². The molecule has 0 aliphatic carbocycles. The standard InChI is InChI=1S/C9H7BrN4O.C7H18OSi/c10-6-3-1-2-5(4-6)8-12-9(7(11)15)14-13-8;1-5-8-6-7-9(2,3)4/h1-4H,(H2,11,15)(H,12,13,14);5-7H2,1-4H3. The van der Waals surface area contributed by atoms with E-state index in [1.165, 1.54) is 6.04 Å². The van der Waals surface area contributed by atoms with Gasteiger partial charge in [-0.3, -0.25) is 9.89 Å². The molecule has 1 aromatic carbocycles. The largest absolute Gasteiger partial charge is 0.382 e. The lowest BCUT2D eigenvalue weighted by Gasteiger charge is -2.14. The van der Waals surface area contributed by atoms with Crippen molar-refractivity contribution in [3.05, 3.63) is 34.6 Å². The summed E-state index contributed by atoms with van der Waals surface area (Å²) in [7, 11) is -0.819. The number of aromatic amines is 1. The van der Waals surface area contributed by atoms with Gasteiger partial charge in [-0.2, -0.15) is 5.10 Å². The lowest BCUT2D eigenvalue weighted by atomic mass is 10.2. The Morgan fingerprint density at radius 1 is 1.38 bits per heavy atom. The molecule has 2 aromatic rings. The summed E-state index contributed by atoms with van der Waals surface area (Å²) in [5.74, 6) is -0.112. The number of amides is 1. The lowest BCUT2D eigenvalue weighted by molar-refractivity contribution is 0.0991. The molecule has 1 heterocycles. The highest BCUT2D eigenvalue weighted by Crippen LogP contribution is 2.19. The molecule has 0 atom stereocenters. The van der Waals surface area contributed by atoms with Crippen molar-refractivity contribution >= 4 is 29.9 Å². The minimum absolute atomic E-state index is 0.0602. The molecule has 0 radical (unpaired) electrons. The molecule has 0 saturated heterocycles. The molecule has 0 fully saturated rings. The number of nitrogens with two attached hydrogens (primary N) is 1. The Labute approximate surface area is 152 Å². The second-order valence-corrected chi connectivity index (χ2v) is 12.9. The molecule has 24 heavy (non-hydrogen) atoms. The van der Waals surface area contributed by atoms with Gasteiger partial charge >= 0.3 is 0 Å². The second kappa shape index (κ2) is 9.70. The highest BCUT2D eigenvalue weighted by Gasteiger charge is 2.11. The fourth-order valence-corrected chi connectivity index (χ4v) is 2.81. The summed E-state index contributed by atoms with van der Waals surface area (Å²) in [6.07, 6.45) is 0. The van der Waals surface area contributed by atoms with Gasteiger partial charge < -0.3 is 10.5 Å². The number of aromatic nitrogens is 3. The van der Waals surface area contributed by atoms with Crippen LogP contribution in [0.25, 0.3) is 11.4 Å². The Hall–Kier alpha value is -1.51. The van der Waals surface area contributed by atoms with E-state index in [9.17, 15) is 4.79 Å². The summed E-state index contributed by atoms with van der Waals surface area (Å²) in [6.45, 7) is 11.0. The van der Waals surface area contributed by atoms with Gasteiger partial charge in [-0.1, -0.05) is 47.7 Å². The van der Waals surface area contributed by atoms with Crippen LogP contribution in [0.2, 0.25) is 25.7 Å². The first-order valence-electron chi connectivity index (χ1n) is 7.79. The fourth-order valence-electron chi connectivity index (χ4n) is 1.65. The summed E-state index contributed by atoms with van der Waals surface area (Å²) in [5, 5.41) is 6.36. The van der Waals surface area contributed by atoms with E-state index in [0.29, 0.717) is 5.82 Å². The fraction of sp³-hybridized carbons (Fsp3) is 0.438. The molecule has 0 bridgehead atoms. The Balaban J connectivity index is 0.000000277. The van der Waals surface area contributed by atoms with E-state index in [2.05, 4.69) is 50.8 Å². The van der Waals surface area contributed by atoms with Crippen LogP contribution in [-0.2, 0) is 4.74 Å². The molecule has 6 nitrogen and oxygen atoms in total. The average molecular weight is 413 g/mol. The Bertz CT molecular complexity index is 656. The normalized spacial score (nSPS) is 10.9. The van der Waals surface area contributed by atoms with Crippen molar-refractivity contribution in [3.63, 3.8) is 0 Å². The molecule has 0 unspecified atom stereocenters. The number of carbonyl (C=O) groups is 1. The minimum Gasteiger partial charge on any atom is -0.382 e. The zero-order chi connectivity index (χ0) is 18.2. The van der Waals surface area contributed by atoms with Crippen LogP contribution >= 0.6 is 15.9 Å². The molecule has 8 heteroatoms. The van der Waals surface area contributed by atoms with Crippen molar-refractivity contribution in [2.24, 2.45) is 5.73 Å². The molecule has 132 valence electrons. The van der Waals surface area contributed by atoms with E-state index in [1.807, 2.05) is 31.2 Å². The van der Waals surface area contributed by atoms with Gasteiger partial charge in [-0.25, -0.2) is 4.98 Å². The van der Waals surface area contributed by atoms with Crippen molar-refractivity contribution in [3.8, 4) is 11.4 Å². The maximum Gasteiger partial charge on any atom is 0.286 e. The number of ether oxygens (including phenoxy) is 1. The third-order valence-corrected chi connectivity index (χ3v) is 5.20. The number of benzene rings is 1. The van der Waals surface area contributed by atoms with Gasteiger partial charge in [-0.15, -0.1) is 0 Å². The van der Waals surface area contributed by atoms with Crippen LogP contribution in [0.1, 0.15) is 17.5 Å².